The van der Waals surface area contributed by atoms with Gasteiger partial charge in [0.15, 0.2) is 0 Å². The summed E-state index contributed by atoms with van der Waals surface area (Å²) in [4.78, 5) is 42.1. The minimum absolute atomic E-state index is 0.106. The summed E-state index contributed by atoms with van der Waals surface area (Å²) in [6, 6.07) is 7.75. The summed E-state index contributed by atoms with van der Waals surface area (Å²) in [7, 11) is 0. The molecule has 27 heavy (non-hydrogen) atoms. The normalized spacial score (nSPS) is 18.0. The van der Waals surface area contributed by atoms with Gasteiger partial charge in [-0.25, -0.2) is 0 Å². The predicted molar refractivity (Wildman–Crippen MR) is 105 cm³/mol. The lowest BCUT2D eigenvalue weighted by Gasteiger charge is -2.34. The molecule has 1 aromatic rings. The van der Waals surface area contributed by atoms with Gasteiger partial charge in [0.1, 0.15) is 5.41 Å². The quantitative estimate of drug-likeness (QED) is 0.582. The molecular weight excluding hydrogens is 344 g/mol. The van der Waals surface area contributed by atoms with E-state index in [0.29, 0.717) is 44.7 Å². The van der Waals surface area contributed by atoms with Gasteiger partial charge in [0, 0.05) is 50.6 Å². The van der Waals surface area contributed by atoms with Crippen LogP contribution in [0.15, 0.2) is 24.3 Å². The number of hydrogen-bond donors (Lipinski definition) is 1. The van der Waals surface area contributed by atoms with E-state index in [4.69, 9.17) is 0 Å². The van der Waals surface area contributed by atoms with Crippen molar-refractivity contribution >= 4 is 29.6 Å². The van der Waals surface area contributed by atoms with E-state index in [1.807, 2.05) is 24.3 Å². The number of hydrogen-bond acceptors (Lipinski definition) is 4. The summed E-state index contributed by atoms with van der Waals surface area (Å²) in [6.07, 6.45) is 1.98. The first-order chi connectivity index (χ1) is 13.0. The molecule has 1 aliphatic heterocycles. The van der Waals surface area contributed by atoms with Crippen LogP contribution in [0.2, 0.25) is 0 Å². The number of nitrogens with one attached hydrogen (secondary N) is 1. The van der Waals surface area contributed by atoms with Gasteiger partial charge in [0.25, 0.3) is 0 Å². The Morgan fingerprint density at radius 1 is 1.07 bits per heavy atom. The van der Waals surface area contributed by atoms with Crippen LogP contribution in [0.3, 0.4) is 0 Å². The second-order valence-electron chi connectivity index (χ2n) is 7.19. The third kappa shape index (κ3) is 3.91. The maximum Gasteiger partial charge on any atom is 0.240 e. The molecule has 0 bridgehead atoms. The molecule has 0 radical (unpaired) electrons. The number of benzene rings is 1. The van der Waals surface area contributed by atoms with Gasteiger partial charge in [-0.3, -0.25) is 14.4 Å². The zero-order chi connectivity index (χ0) is 19.4. The molecule has 0 spiro atoms. The summed E-state index contributed by atoms with van der Waals surface area (Å²) in [5.41, 5.74) is 0.893. The Kier molecular flexibility index (Phi) is 5.68. The third-order valence-corrected chi connectivity index (χ3v) is 5.60. The van der Waals surface area contributed by atoms with Crippen molar-refractivity contribution in [3.63, 3.8) is 0 Å². The maximum absolute atomic E-state index is 12.9. The summed E-state index contributed by atoms with van der Waals surface area (Å²) >= 11 is 0. The lowest BCUT2D eigenvalue weighted by molar-refractivity contribution is -0.144. The fourth-order valence-electron chi connectivity index (χ4n) is 3.59. The molecule has 2 aliphatic rings. The lowest BCUT2D eigenvalue weighted by atomic mass is 10.0. The van der Waals surface area contributed by atoms with E-state index in [1.165, 1.54) is 0 Å². The SMILES string of the molecule is CCN(CC)c1ccc(NC(=O)C2(C(=O)N3CCN(C=O)CC3)CC2)cc1. The summed E-state index contributed by atoms with van der Waals surface area (Å²) in [5, 5.41) is 2.92. The van der Waals surface area contributed by atoms with Crippen LogP contribution in [-0.4, -0.2) is 67.3 Å². The molecule has 0 aromatic heterocycles. The summed E-state index contributed by atoms with van der Waals surface area (Å²) < 4.78 is 0. The van der Waals surface area contributed by atoms with E-state index >= 15 is 0 Å². The number of nitrogens with zero attached hydrogens (tertiary/aromatic N) is 3. The van der Waals surface area contributed by atoms with E-state index in [0.717, 1.165) is 25.2 Å². The van der Waals surface area contributed by atoms with Crippen LogP contribution >= 0.6 is 0 Å². The van der Waals surface area contributed by atoms with Gasteiger partial charge in [-0.05, 0) is 51.0 Å². The molecule has 0 atom stereocenters. The Morgan fingerprint density at radius 2 is 1.67 bits per heavy atom. The monoisotopic (exact) mass is 372 g/mol. The number of rotatable bonds is 7. The van der Waals surface area contributed by atoms with E-state index in [2.05, 4.69) is 24.1 Å². The number of amides is 3. The van der Waals surface area contributed by atoms with Gasteiger partial charge in [0.05, 0.1) is 0 Å². The van der Waals surface area contributed by atoms with Crippen LogP contribution in [0.25, 0.3) is 0 Å². The van der Waals surface area contributed by atoms with E-state index in [9.17, 15) is 14.4 Å². The first-order valence-electron chi connectivity index (χ1n) is 9.69. The van der Waals surface area contributed by atoms with Gasteiger partial charge in [0.2, 0.25) is 18.2 Å². The fourth-order valence-corrected chi connectivity index (χ4v) is 3.59. The Bertz CT molecular complexity index is 688. The van der Waals surface area contributed by atoms with E-state index < -0.39 is 5.41 Å². The molecule has 1 N–H and O–H groups in total. The molecule has 1 saturated heterocycles. The van der Waals surface area contributed by atoms with E-state index in [1.54, 1.807) is 9.80 Å². The maximum atomic E-state index is 12.9. The predicted octanol–water partition coefficient (Wildman–Crippen LogP) is 1.55. The topological polar surface area (TPSA) is 73.0 Å². The highest BCUT2D eigenvalue weighted by molar-refractivity contribution is 6.13. The minimum atomic E-state index is -0.930. The van der Waals surface area contributed by atoms with Crippen molar-refractivity contribution in [3.8, 4) is 0 Å². The zero-order valence-electron chi connectivity index (χ0n) is 16.1. The molecule has 146 valence electrons. The van der Waals surface area contributed by atoms with Crippen molar-refractivity contribution in [3.05, 3.63) is 24.3 Å². The van der Waals surface area contributed by atoms with Gasteiger partial charge >= 0.3 is 0 Å². The number of piperazine rings is 1. The number of carbonyl (C=O) groups excluding carboxylic acids is 3. The minimum Gasteiger partial charge on any atom is -0.372 e. The Labute approximate surface area is 160 Å². The fraction of sp³-hybridized carbons (Fsp3) is 0.550. The average molecular weight is 372 g/mol. The summed E-state index contributed by atoms with van der Waals surface area (Å²) in [5.74, 6) is -0.328. The Hall–Kier alpha value is -2.57. The molecule has 1 saturated carbocycles. The highest BCUT2D eigenvalue weighted by Gasteiger charge is 2.58. The van der Waals surface area contributed by atoms with Crippen LogP contribution in [0.4, 0.5) is 11.4 Å². The van der Waals surface area contributed by atoms with Crippen molar-refractivity contribution in [1.82, 2.24) is 9.80 Å². The number of anilines is 2. The van der Waals surface area contributed by atoms with Crippen molar-refractivity contribution in [2.45, 2.75) is 26.7 Å². The molecule has 7 nitrogen and oxygen atoms in total. The van der Waals surface area contributed by atoms with Gasteiger partial charge < -0.3 is 20.0 Å². The summed E-state index contributed by atoms with van der Waals surface area (Å²) in [6.45, 7) is 8.11. The van der Waals surface area contributed by atoms with Crippen LogP contribution in [-0.2, 0) is 14.4 Å². The van der Waals surface area contributed by atoms with Crippen molar-refractivity contribution in [2.24, 2.45) is 5.41 Å². The van der Waals surface area contributed by atoms with Gasteiger partial charge in [-0.2, -0.15) is 0 Å². The standard InChI is InChI=1S/C20H28N4O3/c1-3-23(4-2)17-7-5-16(6-8-17)21-18(26)20(9-10-20)19(27)24-13-11-22(15-25)12-14-24/h5-8,15H,3-4,9-14H2,1-2H3,(H,21,26). The Morgan fingerprint density at radius 3 is 2.15 bits per heavy atom. The first-order valence-corrected chi connectivity index (χ1v) is 9.69. The number of carbonyl (C=O) groups is 3. The molecule has 1 heterocycles. The smallest absolute Gasteiger partial charge is 0.240 e. The molecule has 1 aromatic carbocycles. The second-order valence-corrected chi connectivity index (χ2v) is 7.19. The molecule has 7 heteroatoms. The van der Waals surface area contributed by atoms with E-state index in [-0.39, 0.29) is 11.8 Å². The largest absolute Gasteiger partial charge is 0.372 e. The second kappa shape index (κ2) is 7.98. The molecule has 3 amide bonds. The molecular formula is C20H28N4O3. The zero-order valence-corrected chi connectivity index (χ0v) is 16.1. The van der Waals surface area contributed by atoms with Crippen molar-refractivity contribution < 1.29 is 14.4 Å². The third-order valence-electron chi connectivity index (χ3n) is 5.60. The molecule has 2 fully saturated rings. The van der Waals surface area contributed by atoms with Crippen LogP contribution in [0.1, 0.15) is 26.7 Å². The van der Waals surface area contributed by atoms with Crippen molar-refractivity contribution in [1.29, 1.82) is 0 Å². The molecule has 3 rings (SSSR count). The average Bonchev–Trinajstić information content (AvgIpc) is 3.52. The van der Waals surface area contributed by atoms with Crippen LogP contribution in [0.5, 0.6) is 0 Å². The highest BCUT2D eigenvalue weighted by atomic mass is 16.2. The van der Waals surface area contributed by atoms with Crippen LogP contribution in [0, 0.1) is 5.41 Å². The lowest BCUT2D eigenvalue weighted by Crippen LogP contribution is -2.52. The molecule has 0 unspecified atom stereocenters. The van der Waals surface area contributed by atoms with Crippen molar-refractivity contribution in [2.75, 3.05) is 49.5 Å². The first kappa shape index (κ1) is 19.2. The molecule has 1 aliphatic carbocycles. The highest BCUT2D eigenvalue weighted by Crippen LogP contribution is 2.48. The van der Waals surface area contributed by atoms with Gasteiger partial charge in [-0.15, -0.1) is 0 Å². The van der Waals surface area contributed by atoms with Gasteiger partial charge in [-0.1, -0.05) is 0 Å². The van der Waals surface area contributed by atoms with Crippen LogP contribution < -0.4 is 10.2 Å². The Balaban J connectivity index is 1.62.